The number of aromatic nitrogens is 6. The highest BCUT2D eigenvalue weighted by atomic mass is 16.1. The molecule has 2 N–H and O–H groups in total. The van der Waals surface area contributed by atoms with Crippen LogP contribution < -0.4 is 10.6 Å². The second kappa shape index (κ2) is 7.47. The molecular formula is C16H18N8O. The third kappa shape index (κ3) is 4.34. The lowest BCUT2D eigenvalue weighted by atomic mass is 10.4. The fourth-order valence-electron chi connectivity index (χ4n) is 2.08. The topological polar surface area (TPSA) is 111 Å². The molecule has 25 heavy (non-hydrogen) atoms. The molecular weight excluding hydrogens is 320 g/mol. The molecule has 0 spiro atoms. The number of rotatable bonds is 6. The fraction of sp³-hybridized carbons (Fsp3) is 0.250. The molecule has 3 aromatic heterocycles. The van der Waals surface area contributed by atoms with Gasteiger partial charge >= 0.3 is 0 Å². The molecule has 0 saturated carbocycles. The molecule has 0 saturated heterocycles. The molecule has 3 aromatic rings. The molecule has 0 aliphatic heterocycles. The van der Waals surface area contributed by atoms with E-state index in [1.807, 2.05) is 26.1 Å². The van der Waals surface area contributed by atoms with Crippen molar-refractivity contribution in [1.29, 1.82) is 0 Å². The van der Waals surface area contributed by atoms with E-state index in [1.54, 1.807) is 16.9 Å². The van der Waals surface area contributed by atoms with E-state index < -0.39 is 0 Å². The van der Waals surface area contributed by atoms with Gasteiger partial charge in [0.05, 0.1) is 17.6 Å². The van der Waals surface area contributed by atoms with Crippen molar-refractivity contribution in [3.63, 3.8) is 0 Å². The Labute approximate surface area is 144 Å². The molecule has 9 nitrogen and oxygen atoms in total. The minimum absolute atomic E-state index is 0.260. The lowest BCUT2D eigenvalue weighted by Gasteiger charge is -2.08. The first-order valence-corrected chi connectivity index (χ1v) is 7.77. The Morgan fingerprint density at radius 2 is 1.96 bits per heavy atom. The van der Waals surface area contributed by atoms with Crippen LogP contribution >= 0.6 is 0 Å². The molecule has 0 unspecified atom stereocenters. The van der Waals surface area contributed by atoms with Crippen molar-refractivity contribution in [1.82, 2.24) is 35.0 Å². The molecule has 0 radical (unpaired) electrons. The Hall–Kier alpha value is -3.36. The molecule has 0 bridgehead atoms. The van der Waals surface area contributed by atoms with Crippen LogP contribution in [0.25, 0.3) is 5.82 Å². The summed E-state index contributed by atoms with van der Waals surface area (Å²) in [5.74, 6) is 1.07. The second-order valence-corrected chi connectivity index (χ2v) is 5.39. The number of nitrogens with one attached hydrogen (secondary N) is 2. The van der Waals surface area contributed by atoms with Crippen molar-refractivity contribution in [3.8, 4) is 5.82 Å². The van der Waals surface area contributed by atoms with Crippen molar-refractivity contribution in [2.45, 2.75) is 13.8 Å². The lowest BCUT2D eigenvalue weighted by molar-refractivity contribution is 0.0950. The zero-order chi connectivity index (χ0) is 17.6. The molecule has 0 aliphatic rings. The Bertz CT molecular complexity index is 859. The van der Waals surface area contributed by atoms with Crippen LogP contribution in [-0.4, -0.2) is 48.7 Å². The summed E-state index contributed by atoms with van der Waals surface area (Å²) in [5.41, 5.74) is 1.98. The van der Waals surface area contributed by atoms with Crippen LogP contribution in [0.15, 0.2) is 37.1 Å². The predicted molar refractivity (Wildman–Crippen MR) is 91.5 cm³/mol. The molecule has 0 aromatic carbocycles. The van der Waals surface area contributed by atoms with E-state index >= 15 is 0 Å². The fourth-order valence-corrected chi connectivity index (χ4v) is 2.08. The van der Waals surface area contributed by atoms with E-state index in [0.29, 0.717) is 30.4 Å². The zero-order valence-corrected chi connectivity index (χ0v) is 14.0. The van der Waals surface area contributed by atoms with Gasteiger partial charge in [0.2, 0.25) is 0 Å². The number of amides is 1. The zero-order valence-electron chi connectivity index (χ0n) is 14.0. The minimum atomic E-state index is -0.260. The van der Waals surface area contributed by atoms with Gasteiger partial charge in [0.25, 0.3) is 5.91 Å². The van der Waals surface area contributed by atoms with Crippen LogP contribution in [0, 0.1) is 13.8 Å². The largest absolute Gasteiger partial charge is 0.368 e. The monoisotopic (exact) mass is 338 g/mol. The Balaban J connectivity index is 1.50. The maximum absolute atomic E-state index is 11.9. The van der Waals surface area contributed by atoms with Crippen molar-refractivity contribution in [3.05, 3.63) is 54.1 Å². The Kier molecular flexibility index (Phi) is 4.93. The van der Waals surface area contributed by atoms with Crippen LogP contribution in [0.3, 0.4) is 0 Å². The van der Waals surface area contributed by atoms with Gasteiger partial charge in [-0.05, 0) is 19.9 Å². The van der Waals surface area contributed by atoms with Crippen LogP contribution in [0.4, 0.5) is 5.82 Å². The van der Waals surface area contributed by atoms with Crippen molar-refractivity contribution >= 4 is 11.7 Å². The lowest BCUT2D eigenvalue weighted by Crippen LogP contribution is -2.29. The summed E-state index contributed by atoms with van der Waals surface area (Å²) >= 11 is 0. The number of aryl methyl sites for hydroxylation is 2. The molecule has 128 valence electrons. The van der Waals surface area contributed by atoms with Crippen molar-refractivity contribution in [2.75, 3.05) is 18.4 Å². The summed E-state index contributed by atoms with van der Waals surface area (Å²) in [5, 5.41) is 10.2. The van der Waals surface area contributed by atoms with Gasteiger partial charge in [-0.3, -0.25) is 9.78 Å². The van der Waals surface area contributed by atoms with Gasteiger partial charge in [-0.1, -0.05) is 0 Å². The van der Waals surface area contributed by atoms with Gasteiger partial charge in [-0.15, -0.1) is 0 Å². The highest BCUT2D eigenvalue weighted by molar-refractivity contribution is 5.91. The molecule has 3 rings (SSSR count). The van der Waals surface area contributed by atoms with Gasteiger partial charge in [0, 0.05) is 31.5 Å². The van der Waals surface area contributed by atoms with E-state index in [4.69, 9.17) is 0 Å². The summed E-state index contributed by atoms with van der Waals surface area (Å²) in [4.78, 5) is 28.4. The number of hydrogen-bond acceptors (Lipinski definition) is 7. The number of carbonyl (C=O) groups excluding carboxylic acids is 1. The van der Waals surface area contributed by atoms with E-state index in [1.165, 1.54) is 12.5 Å². The number of anilines is 1. The Morgan fingerprint density at radius 1 is 1.08 bits per heavy atom. The van der Waals surface area contributed by atoms with E-state index in [9.17, 15) is 4.79 Å². The summed E-state index contributed by atoms with van der Waals surface area (Å²) in [6, 6.07) is 3.69. The van der Waals surface area contributed by atoms with Crippen molar-refractivity contribution < 1.29 is 4.79 Å². The summed E-state index contributed by atoms with van der Waals surface area (Å²) in [7, 11) is 0. The summed E-state index contributed by atoms with van der Waals surface area (Å²) in [6.07, 6.45) is 6.33. The molecule has 0 atom stereocenters. The molecule has 0 aliphatic carbocycles. The summed E-state index contributed by atoms with van der Waals surface area (Å²) in [6.45, 7) is 4.67. The third-order valence-corrected chi connectivity index (χ3v) is 3.34. The SMILES string of the molecule is Cc1cnc(C(=O)NCCNc2cc(-n3ccc(C)n3)ncn2)cn1. The maximum atomic E-state index is 11.9. The quantitative estimate of drug-likeness (QED) is 0.643. The van der Waals surface area contributed by atoms with Crippen molar-refractivity contribution in [2.24, 2.45) is 0 Å². The van der Waals surface area contributed by atoms with Gasteiger partial charge in [-0.2, -0.15) is 5.10 Å². The number of nitrogens with zero attached hydrogens (tertiary/aromatic N) is 6. The van der Waals surface area contributed by atoms with Gasteiger partial charge < -0.3 is 10.6 Å². The van der Waals surface area contributed by atoms with Gasteiger partial charge in [-0.25, -0.2) is 19.6 Å². The normalized spacial score (nSPS) is 10.5. The minimum Gasteiger partial charge on any atom is -0.368 e. The highest BCUT2D eigenvalue weighted by Gasteiger charge is 2.07. The highest BCUT2D eigenvalue weighted by Crippen LogP contribution is 2.08. The first-order valence-electron chi connectivity index (χ1n) is 7.77. The molecule has 9 heteroatoms. The van der Waals surface area contributed by atoms with Gasteiger partial charge in [0.15, 0.2) is 5.82 Å². The first kappa shape index (κ1) is 16.5. The number of hydrogen-bond donors (Lipinski definition) is 2. The second-order valence-electron chi connectivity index (χ2n) is 5.39. The average molecular weight is 338 g/mol. The molecule has 3 heterocycles. The maximum Gasteiger partial charge on any atom is 0.271 e. The molecule has 1 amide bonds. The standard InChI is InChI=1S/C16H18N8O/c1-11-3-6-24(23-11)15-7-14(21-10-22-15)17-4-5-18-16(25)13-9-19-12(2)8-20-13/h3,6-10H,4-5H2,1-2H3,(H,18,25)(H,17,21,22). The van der Waals surface area contributed by atoms with Crippen LogP contribution in [0.2, 0.25) is 0 Å². The smallest absolute Gasteiger partial charge is 0.271 e. The predicted octanol–water partition coefficient (Wildman–Crippen LogP) is 0.911. The average Bonchev–Trinajstić information content (AvgIpc) is 3.06. The van der Waals surface area contributed by atoms with Crippen LogP contribution in [0.5, 0.6) is 0 Å². The van der Waals surface area contributed by atoms with Crippen LogP contribution in [-0.2, 0) is 0 Å². The molecule has 0 fully saturated rings. The Morgan fingerprint density at radius 3 is 2.68 bits per heavy atom. The van der Waals surface area contributed by atoms with E-state index in [-0.39, 0.29) is 5.91 Å². The van der Waals surface area contributed by atoms with E-state index in [0.717, 1.165) is 11.4 Å². The first-order chi connectivity index (χ1) is 12.1. The summed E-state index contributed by atoms with van der Waals surface area (Å²) < 4.78 is 1.68. The van der Waals surface area contributed by atoms with E-state index in [2.05, 4.69) is 35.7 Å². The van der Waals surface area contributed by atoms with Crippen LogP contribution in [0.1, 0.15) is 21.9 Å². The third-order valence-electron chi connectivity index (χ3n) is 3.34. The number of carbonyl (C=O) groups is 1. The van der Waals surface area contributed by atoms with Gasteiger partial charge in [0.1, 0.15) is 17.8 Å².